The molecule has 0 fully saturated rings. The molecule has 0 bridgehead atoms. The van der Waals surface area contributed by atoms with Gasteiger partial charge in [0.1, 0.15) is 16.5 Å². The molecule has 0 saturated carbocycles. The third-order valence-electron chi connectivity index (χ3n) is 2.53. The van der Waals surface area contributed by atoms with Crippen molar-refractivity contribution in [3.8, 4) is 11.6 Å². The summed E-state index contributed by atoms with van der Waals surface area (Å²) in [5.41, 5.74) is 0.790. The topological polar surface area (TPSA) is 59.4 Å². The molecular formula is C15H12ClNO3. The van der Waals surface area contributed by atoms with E-state index >= 15 is 0 Å². The van der Waals surface area contributed by atoms with Gasteiger partial charge in [0.15, 0.2) is 0 Å². The van der Waals surface area contributed by atoms with Crippen molar-refractivity contribution in [2.45, 2.75) is 6.92 Å². The third-order valence-corrected chi connectivity index (χ3v) is 2.74. The van der Waals surface area contributed by atoms with Gasteiger partial charge < -0.3 is 9.84 Å². The van der Waals surface area contributed by atoms with Crippen molar-refractivity contribution >= 4 is 23.6 Å². The summed E-state index contributed by atoms with van der Waals surface area (Å²) < 4.78 is 5.61. The molecule has 4 nitrogen and oxygen atoms in total. The van der Waals surface area contributed by atoms with Crippen LogP contribution in [0.4, 0.5) is 0 Å². The first-order chi connectivity index (χ1) is 9.61. The molecule has 1 heterocycles. The van der Waals surface area contributed by atoms with Gasteiger partial charge >= 0.3 is 5.97 Å². The zero-order chi connectivity index (χ0) is 14.5. The molecule has 102 valence electrons. The minimum atomic E-state index is -1.12. The first-order valence-electron chi connectivity index (χ1n) is 5.91. The zero-order valence-corrected chi connectivity index (χ0v) is 11.5. The van der Waals surface area contributed by atoms with Crippen LogP contribution < -0.4 is 4.74 Å². The number of nitrogens with zero attached hydrogens (tertiary/aromatic N) is 1. The first kappa shape index (κ1) is 14.1. The Labute approximate surface area is 121 Å². The largest absolute Gasteiger partial charge is 0.477 e. The number of halogens is 1. The lowest BCUT2D eigenvalue weighted by Gasteiger charge is -2.10. The molecule has 1 aromatic carbocycles. The van der Waals surface area contributed by atoms with Crippen LogP contribution in [0.25, 0.3) is 6.08 Å². The Kier molecular flexibility index (Phi) is 4.38. The maximum atomic E-state index is 11.2. The highest BCUT2D eigenvalue weighted by Crippen LogP contribution is 2.28. The van der Waals surface area contributed by atoms with E-state index in [0.29, 0.717) is 5.75 Å². The molecule has 0 unspecified atom stereocenters. The van der Waals surface area contributed by atoms with E-state index in [-0.39, 0.29) is 16.6 Å². The Morgan fingerprint density at radius 2 is 2.05 bits per heavy atom. The Balaban J connectivity index is 2.44. The molecule has 0 amide bonds. The van der Waals surface area contributed by atoms with Crippen LogP contribution in [0.15, 0.2) is 42.5 Å². The number of aromatic nitrogens is 1. The van der Waals surface area contributed by atoms with Crippen molar-refractivity contribution in [2.24, 2.45) is 0 Å². The highest BCUT2D eigenvalue weighted by atomic mass is 35.5. The molecule has 0 saturated heterocycles. The fourth-order valence-electron chi connectivity index (χ4n) is 1.65. The second-order valence-electron chi connectivity index (χ2n) is 3.93. The molecule has 0 aliphatic rings. The average molecular weight is 290 g/mol. The quantitative estimate of drug-likeness (QED) is 0.854. The van der Waals surface area contributed by atoms with Crippen molar-refractivity contribution in [2.75, 3.05) is 0 Å². The molecule has 20 heavy (non-hydrogen) atoms. The van der Waals surface area contributed by atoms with Gasteiger partial charge in [0.05, 0.1) is 0 Å². The summed E-state index contributed by atoms with van der Waals surface area (Å²) in [6.07, 6.45) is 3.73. The lowest BCUT2D eigenvalue weighted by molar-refractivity contribution is 0.0693. The van der Waals surface area contributed by atoms with Gasteiger partial charge in [-0.3, -0.25) is 0 Å². The second-order valence-corrected chi connectivity index (χ2v) is 4.32. The van der Waals surface area contributed by atoms with E-state index in [1.165, 1.54) is 12.1 Å². The molecule has 0 atom stereocenters. The smallest absolute Gasteiger partial charge is 0.341 e. The van der Waals surface area contributed by atoms with Gasteiger partial charge in [-0.2, -0.15) is 0 Å². The summed E-state index contributed by atoms with van der Waals surface area (Å²) in [5.74, 6) is -0.627. The maximum Gasteiger partial charge on any atom is 0.341 e. The monoisotopic (exact) mass is 289 g/mol. The molecule has 0 aliphatic heterocycles. The Morgan fingerprint density at radius 1 is 1.30 bits per heavy atom. The number of benzene rings is 1. The number of rotatable bonds is 4. The molecule has 0 aliphatic carbocycles. The normalized spacial score (nSPS) is 10.7. The second kappa shape index (κ2) is 6.21. The molecule has 5 heteroatoms. The number of carboxylic acids is 1. The van der Waals surface area contributed by atoms with E-state index in [0.717, 1.165) is 5.56 Å². The summed E-state index contributed by atoms with van der Waals surface area (Å²) in [7, 11) is 0. The molecule has 0 radical (unpaired) electrons. The average Bonchev–Trinajstić information content (AvgIpc) is 2.41. The Hall–Kier alpha value is -2.33. The number of hydrogen-bond donors (Lipinski definition) is 1. The van der Waals surface area contributed by atoms with Gasteiger partial charge in [-0.05, 0) is 25.1 Å². The maximum absolute atomic E-state index is 11.2. The Morgan fingerprint density at radius 3 is 2.75 bits per heavy atom. The zero-order valence-electron chi connectivity index (χ0n) is 10.7. The van der Waals surface area contributed by atoms with E-state index in [1.54, 1.807) is 12.1 Å². The lowest BCUT2D eigenvalue weighted by atomic mass is 10.2. The van der Waals surface area contributed by atoms with Crippen LogP contribution >= 0.6 is 11.6 Å². The summed E-state index contributed by atoms with van der Waals surface area (Å²) in [5, 5.41) is 9.30. The van der Waals surface area contributed by atoms with Crippen LogP contribution in [-0.4, -0.2) is 16.1 Å². The van der Waals surface area contributed by atoms with E-state index < -0.39 is 5.97 Å². The summed E-state index contributed by atoms with van der Waals surface area (Å²) in [4.78, 5) is 15.1. The van der Waals surface area contributed by atoms with Gasteiger partial charge in [-0.1, -0.05) is 42.0 Å². The molecule has 1 aromatic heterocycles. The molecule has 1 N–H and O–H groups in total. The van der Waals surface area contributed by atoms with Crippen LogP contribution in [0.1, 0.15) is 22.8 Å². The number of ether oxygens (including phenoxy) is 1. The highest BCUT2D eigenvalue weighted by molar-refractivity contribution is 6.29. The summed E-state index contributed by atoms with van der Waals surface area (Å²) in [6, 6.07) is 10.0. The molecule has 2 rings (SSSR count). The number of aromatic carboxylic acids is 1. The SMILES string of the molecule is CC=Cc1ccccc1Oc1nc(Cl)ccc1C(=O)O. The van der Waals surface area contributed by atoms with Crippen LogP contribution in [0, 0.1) is 0 Å². The van der Waals surface area contributed by atoms with E-state index in [1.807, 2.05) is 31.2 Å². The van der Waals surface area contributed by atoms with Gasteiger partial charge in [-0.15, -0.1) is 0 Å². The Bertz CT molecular complexity index is 668. The van der Waals surface area contributed by atoms with Crippen molar-refractivity contribution in [3.63, 3.8) is 0 Å². The molecule has 0 spiro atoms. The minimum absolute atomic E-state index is 0.0260. The van der Waals surface area contributed by atoms with Crippen molar-refractivity contribution in [1.29, 1.82) is 0 Å². The summed E-state index contributed by atoms with van der Waals surface area (Å²) in [6.45, 7) is 1.89. The van der Waals surface area contributed by atoms with Crippen molar-refractivity contribution < 1.29 is 14.6 Å². The van der Waals surface area contributed by atoms with Crippen LogP contribution in [-0.2, 0) is 0 Å². The van der Waals surface area contributed by atoms with Crippen LogP contribution in [0.3, 0.4) is 0 Å². The van der Waals surface area contributed by atoms with Crippen molar-refractivity contribution in [3.05, 3.63) is 58.8 Å². The number of carbonyl (C=O) groups is 1. The fourth-order valence-corrected chi connectivity index (χ4v) is 1.79. The number of pyridine rings is 1. The fraction of sp³-hybridized carbons (Fsp3) is 0.0667. The lowest BCUT2D eigenvalue weighted by Crippen LogP contribution is -2.02. The number of carboxylic acid groups (broad SMARTS) is 1. The van der Waals surface area contributed by atoms with E-state index in [2.05, 4.69) is 4.98 Å². The van der Waals surface area contributed by atoms with E-state index in [9.17, 15) is 4.79 Å². The van der Waals surface area contributed by atoms with Gasteiger partial charge in [0.25, 0.3) is 0 Å². The predicted octanol–water partition coefficient (Wildman–Crippen LogP) is 4.26. The number of hydrogen-bond acceptors (Lipinski definition) is 3. The number of allylic oxidation sites excluding steroid dienone is 1. The first-order valence-corrected chi connectivity index (χ1v) is 6.29. The van der Waals surface area contributed by atoms with Gasteiger partial charge in [0.2, 0.25) is 5.88 Å². The van der Waals surface area contributed by atoms with Crippen molar-refractivity contribution in [1.82, 2.24) is 4.98 Å². The van der Waals surface area contributed by atoms with Gasteiger partial charge in [-0.25, -0.2) is 9.78 Å². The van der Waals surface area contributed by atoms with Crippen LogP contribution in [0.5, 0.6) is 11.6 Å². The van der Waals surface area contributed by atoms with Crippen LogP contribution in [0.2, 0.25) is 5.15 Å². The number of para-hydroxylation sites is 1. The summed E-state index contributed by atoms with van der Waals surface area (Å²) >= 11 is 5.79. The molecular weight excluding hydrogens is 278 g/mol. The predicted molar refractivity (Wildman–Crippen MR) is 77.4 cm³/mol. The van der Waals surface area contributed by atoms with Gasteiger partial charge in [0, 0.05) is 5.56 Å². The minimum Gasteiger partial charge on any atom is -0.477 e. The standard InChI is InChI=1S/C15H12ClNO3/c1-2-5-10-6-3-4-7-12(10)20-14-11(15(18)19)8-9-13(16)17-14/h2-9H,1H3,(H,18,19). The third kappa shape index (κ3) is 3.16. The molecule has 2 aromatic rings. The highest BCUT2D eigenvalue weighted by Gasteiger charge is 2.15. The van der Waals surface area contributed by atoms with E-state index in [4.69, 9.17) is 21.4 Å².